The quantitative estimate of drug-likeness (QED) is 0.689. The van der Waals surface area contributed by atoms with Crippen LogP contribution in [0.15, 0.2) is 24.3 Å². The second kappa shape index (κ2) is 8.68. The molecule has 0 saturated carbocycles. The Labute approximate surface area is 165 Å². The summed E-state index contributed by atoms with van der Waals surface area (Å²) in [7, 11) is 0. The fourth-order valence-electron chi connectivity index (χ4n) is 3.22. The first kappa shape index (κ1) is 20.3. The highest BCUT2D eigenvalue weighted by Crippen LogP contribution is 2.40. The summed E-state index contributed by atoms with van der Waals surface area (Å²) in [5, 5.41) is 3.26. The Bertz CT molecular complexity index is 864. The van der Waals surface area contributed by atoms with Crippen LogP contribution in [0.5, 0.6) is 5.75 Å². The summed E-state index contributed by atoms with van der Waals surface area (Å²) < 4.78 is 34.0. The van der Waals surface area contributed by atoms with Gasteiger partial charge in [0.1, 0.15) is 10.8 Å². The van der Waals surface area contributed by atoms with Crippen molar-refractivity contribution in [1.29, 1.82) is 0 Å². The van der Waals surface area contributed by atoms with Gasteiger partial charge in [0.05, 0.1) is 12.2 Å². The third-order valence-electron chi connectivity index (χ3n) is 4.56. The molecular formula is C20H21F2NO4S. The molecule has 1 aromatic heterocycles. The van der Waals surface area contributed by atoms with Crippen LogP contribution < -0.4 is 10.1 Å². The molecule has 1 N–H and O–H groups in total. The van der Waals surface area contributed by atoms with E-state index in [1.165, 1.54) is 35.6 Å². The summed E-state index contributed by atoms with van der Waals surface area (Å²) in [6.45, 7) is 1.22. The minimum Gasteiger partial charge on any atom is -0.462 e. The van der Waals surface area contributed by atoms with Crippen LogP contribution in [-0.4, -0.2) is 25.1 Å². The van der Waals surface area contributed by atoms with Gasteiger partial charge in [0.2, 0.25) is 0 Å². The number of nitrogens with one attached hydrogen (secondary N) is 1. The highest BCUT2D eigenvalue weighted by molar-refractivity contribution is 7.17. The van der Waals surface area contributed by atoms with Gasteiger partial charge in [-0.3, -0.25) is 4.79 Å². The smallest absolute Gasteiger partial charge is 0.387 e. The van der Waals surface area contributed by atoms with E-state index in [0.29, 0.717) is 16.5 Å². The Hall–Kier alpha value is -2.48. The van der Waals surface area contributed by atoms with Crippen molar-refractivity contribution in [2.24, 2.45) is 5.92 Å². The lowest BCUT2D eigenvalue weighted by atomic mass is 9.88. The molecule has 1 heterocycles. The number of esters is 1. The number of hydrogen-bond acceptors (Lipinski definition) is 5. The first-order valence-electron chi connectivity index (χ1n) is 9.06. The topological polar surface area (TPSA) is 64.6 Å². The van der Waals surface area contributed by atoms with Gasteiger partial charge in [0.15, 0.2) is 0 Å². The van der Waals surface area contributed by atoms with Gasteiger partial charge >= 0.3 is 12.6 Å². The minimum atomic E-state index is -2.92. The predicted octanol–water partition coefficient (Wildman–Crippen LogP) is 4.90. The molecule has 0 spiro atoms. The molecule has 1 atom stereocenters. The van der Waals surface area contributed by atoms with Crippen LogP contribution in [-0.2, 0) is 17.6 Å². The average Bonchev–Trinajstić information content (AvgIpc) is 2.98. The van der Waals surface area contributed by atoms with E-state index in [9.17, 15) is 18.4 Å². The molecule has 1 aliphatic carbocycles. The van der Waals surface area contributed by atoms with Crippen LogP contribution in [0.1, 0.15) is 51.4 Å². The number of anilines is 1. The van der Waals surface area contributed by atoms with Crippen molar-refractivity contribution in [3.05, 3.63) is 45.8 Å². The monoisotopic (exact) mass is 409 g/mol. The number of carbonyl (C=O) groups excluding carboxylic acids is 2. The third kappa shape index (κ3) is 4.49. The van der Waals surface area contributed by atoms with Crippen LogP contribution in [0, 0.1) is 5.92 Å². The van der Waals surface area contributed by atoms with Crippen molar-refractivity contribution in [2.75, 3.05) is 11.9 Å². The maximum Gasteiger partial charge on any atom is 0.387 e. The molecule has 1 aromatic carbocycles. The molecule has 0 aliphatic heterocycles. The van der Waals surface area contributed by atoms with Crippen molar-refractivity contribution >= 4 is 28.2 Å². The van der Waals surface area contributed by atoms with Crippen LogP contribution in [0.4, 0.5) is 13.8 Å². The van der Waals surface area contributed by atoms with Crippen LogP contribution in [0.2, 0.25) is 0 Å². The molecule has 0 saturated heterocycles. The Morgan fingerprint density at radius 3 is 2.64 bits per heavy atom. The molecule has 8 heteroatoms. The van der Waals surface area contributed by atoms with Gasteiger partial charge in [-0.25, -0.2) is 4.79 Å². The lowest BCUT2D eigenvalue weighted by Gasteiger charge is -2.18. The zero-order chi connectivity index (χ0) is 20.3. The summed E-state index contributed by atoms with van der Waals surface area (Å²) in [5.41, 5.74) is 1.66. The number of hydrogen-bond donors (Lipinski definition) is 1. The van der Waals surface area contributed by atoms with E-state index in [1.807, 2.05) is 0 Å². The molecule has 1 aliphatic rings. The molecule has 0 fully saturated rings. The molecule has 0 radical (unpaired) electrons. The first-order valence-corrected chi connectivity index (χ1v) is 9.88. The Kier molecular flexibility index (Phi) is 6.28. The molecule has 2 aromatic rings. The van der Waals surface area contributed by atoms with E-state index in [2.05, 4.69) is 17.0 Å². The van der Waals surface area contributed by atoms with Gasteiger partial charge < -0.3 is 14.8 Å². The third-order valence-corrected chi connectivity index (χ3v) is 5.73. The van der Waals surface area contributed by atoms with Gasteiger partial charge in [-0.1, -0.05) is 6.92 Å². The van der Waals surface area contributed by atoms with E-state index in [0.717, 1.165) is 29.7 Å². The number of ether oxygens (including phenoxy) is 2. The summed E-state index contributed by atoms with van der Waals surface area (Å²) >= 11 is 1.40. The molecule has 1 unspecified atom stereocenters. The molecular weight excluding hydrogens is 388 g/mol. The number of benzene rings is 1. The molecule has 5 nitrogen and oxygen atoms in total. The Morgan fingerprint density at radius 2 is 2.00 bits per heavy atom. The van der Waals surface area contributed by atoms with Gasteiger partial charge in [-0.15, -0.1) is 11.3 Å². The van der Waals surface area contributed by atoms with Crippen molar-refractivity contribution in [1.82, 2.24) is 0 Å². The second-order valence-corrected chi connectivity index (χ2v) is 7.74. The summed E-state index contributed by atoms with van der Waals surface area (Å²) in [4.78, 5) is 26.2. The van der Waals surface area contributed by atoms with Gasteiger partial charge in [0, 0.05) is 10.4 Å². The van der Waals surface area contributed by atoms with E-state index in [-0.39, 0.29) is 17.9 Å². The largest absolute Gasteiger partial charge is 0.462 e. The van der Waals surface area contributed by atoms with E-state index in [1.54, 1.807) is 6.92 Å². The van der Waals surface area contributed by atoms with E-state index >= 15 is 0 Å². The predicted molar refractivity (Wildman–Crippen MR) is 102 cm³/mol. The second-order valence-electron chi connectivity index (χ2n) is 6.63. The zero-order valence-electron chi connectivity index (χ0n) is 15.6. The Morgan fingerprint density at radius 1 is 1.29 bits per heavy atom. The zero-order valence-corrected chi connectivity index (χ0v) is 16.4. The highest BCUT2D eigenvalue weighted by Gasteiger charge is 2.29. The van der Waals surface area contributed by atoms with E-state index < -0.39 is 18.5 Å². The van der Waals surface area contributed by atoms with Gasteiger partial charge in [-0.05, 0) is 61.9 Å². The SMILES string of the molecule is CCOC(=O)c1c(NC(=O)c2ccc(OC(F)F)cc2)sc2c1CCC(C)C2. The van der Waals surface area contributed by atoms with Gasteiger partial charge in [0.25, 0.3) is 5.91 Å². The summed E-state index contributed by atoms with van der Waals surface area (Å²) in [6, 6.07) is 5.39. The number of halogens is 2. The number of fused-ring (bicyclic) bond motifs is 1. The number of carbonyl (C=O) groups is 2. The van der Waals surface area contributed by atoms with Crippen molar-refractivity contribution in [3.8, 4) is 5.75 Å². The van der Waals surface area contributed by atoms with Crippen molar-refractivity contribution in [2.45, 2.75) is 39.7 Å². The molecule has 150 valence electrons. The standard InChI is InChI=1S/C20H21F2NO4S/c1-3-26-19(25)16-14-9-4-11(2)10-15(14)28-18(16)23-17(24)12-5-7-13(8-6-12)27-20(21)22/h5-8,11,20H,3-4,9-10H2,1-2H3,(H,23,24). The maximum atomic E-state index is 12.6. The molecule has 3 rings (SSSR count). The molecule has 1 amide bonds. The lowest BCUT2D eigenvalue weighted by molar-refractivity contribution is -0.0498. The number of rotatable bonds is 6. The van der Waals surface area contributed by atoms with Crippen LogP contribution >= 0.6 is 11.3 Å². The minimum absolute atomic E-state index is 0.0284. The van der Waals surface area contributed by atoms with Crippen LogP contribution in [0.25, 0.3) is 0 Å². The summed E-state index contributed by atoms with van der Waals surface area (Å²) in [5.74, 6) is -0.377. The highest BCUT2D eigenvalue weighted by atomic mass is 32.1. The number of alkyl halides is 2. The number of thiophene rings is 1. The average molecular weight is 409 g/mol. The molecule has 28 heavy (non-hydrogen) atoms. The normalized spacial score (nSPS) is 15.8. The van der Waals surface area contributed by atoms with Crippen molar-refractivity contribution < 1.29 is 27.8 Å². The van der Waals surface area contributed by atoms with Crippen LogP contribution in [0.3, 0.4) is 0 Å². The lowest BCUT2D eigenvalue weighted by Crippen LogP contribution is -2.16. The Balaban J connectivity index is 1.84. The first-order chi connectivity index (χ1) is 13.4. The van der Waals surface area contributed by atoms with E-state index in [4.69, 9.17) is 4.74 Å². The number of amides is 1. The fourth-order valence-corrected chi connectivity index (χ4v) is 4.61. The van der Waals surface area contributed by atoms with Gasteiger partial charge in [-0.2, -0.15) is 8.78 Å². The maximum absolute atomic E-state index is 12.6. The summed E-state index contributed by atoms with van der Waals surface area (Å²) in [6.07, 6.45) is 2.62. The fraction of sp³-hybridized carbons (Fsp3) is 0.400. The molecule has 0 bridgehead atoms. The van der Waals surface area contributed by atoms with Crippen molar-refractivity contribution in [3.63, 3.8) is 0 Å².